The molecule has 0 amide bonds. The van der Waals surface area contributed by atoms with Gasteiger partial charge in [-0.25, -0.2) is 0 Å². The molecule has 0 N–H and O–H groups in total. The molecule has 0 aliphatic heterocycles. The van der Waals surface area contributed by atoms with Crippen molar-refractivity contribution in [1.29, 1.82) is 0 Å². The Kier molecular flexibility index (Phi) is 5.78. The van der Waals surface area contributed by atoms with E-state index in [0.717, 1.165) is 0 Å². The van der Waals surface area contributed by atoms with Crippen LogP contribution >= 0.6 is 0 Å². The molecule has 0 atom stereocenters. The van der Waals surface area contributed by atoms with Gasteiger partial charge in [0, 0.05) is 22.3 Å². The lowest BCUT2D eigenvalue weighted by molar-refractivity contribution is 0.0998. The summed E-state index contributed by atoms with van der Waals surface area (Å²) in [5.41, 5.74) is 3.19. The first kappa shape index (κ1) is 19.2. The highest BCUT2D eigenvalue weighted by Crippen LogP contribution is 2.19. The molecule has 2 aromatic rings. The molecule has 0 heterocycles. The molecule has 2 rings (SSSR count). The van der Waals surface area contributed by atoms with E-state index < -0.39 is 0 Å². The quantitative estimate of drug-likeness (QED) is 0.562. The zero-order valence-corrected chi connectivity index (χ0v) is 15.3. The number of rotatable bonds is 6. The third kappa shape index (κ3) is 4.48. The lowest BCUT2D eigenvalue weighted by Gasteiger charge is -2.06. The third-order valence-electron chi connectivity index (χ3n) is 4.06. The first-order chi connectivity index (χ1) is 12.2. The highest BCUT2D eigenvalue weighted by molar-refractivity contribution is 6.03. The van der Waals surface area contributed by atoms with Crippen LogP contribution in [0.25, 0.3) is 12.2 Å². The van der Waals surface area contributed by atoms with Crippen molar-refractivity contribution in [2.45, 2.75) is 27.7 Å². The summed E-state index contributed by atoms with van der Waals surface area (Å²) in [6.07, 6.45) is 3.48. The molecule has 0 aromatic heterocycles. The topological polar surface area (TPSA) is 68.3 Å². The number of carbonyl (C=O) groups is 4. The Morgan fingerprint density at radius 2 is 1.15 bits per heavy atom. The Bertz CT molecular complexity index is 916. The molecule has 0 unspecified atom stereocenters. The van der Waals surface area contributed by atoms with Gasteiger partial charge in [0.25, 0.3) is 0 Å². The molecule has 4 heteroatoms. The standard InChI is InChI=1S/C22H20O4/c1-13(23)19-8-7-18(22(12-19)16(4)26)6-5-17-9-20(14(2)24)11-21(10-17)15(3)25/h5-12H,1-4H3/b6-5+. The van der Waals surface area contributed by atoms with Gasteiger partial charge in [0.1, 0.15) is 0 Å². The molecular weight excluding hydrogens is 328 g/mol. The molecule has 132 valence electrons. The van der Waals surface area contributed by atoms with Gasteiger partial charge in [-0.05, 0) is 63.1 Å². The monoisotopic (exact) mass is 348 g/mol. The molecule has 2 aromatic carbocycles. The smallest absolute Gasteiger partial charge is 0.160 e. The van der Waals surface area contributed by atoms with Crippen molar-refractivity contribution < 1.29 is 19.2 Å². The second-order valence-corrected chi connectivity index (χ2v) is 6.20. The lowest BCUT2D eigenvalue weighted by atomic mass is 9.97. The molecule has 0 aliphatic carbocycles. The van der Waals surface area contributed by atoms with Gasteiger partial charge in [-0.15, -0.1) is 0 Å². The normalized spacial score (nSPS) is 10.8. The molecule has 0 saturated heterocycles. The molecule has 4 nitrogen and oxygen atoms in total. The van der Waals surface area contributed by atoms with E-state index in [2.05, 4.69) is 0 Å². The summed E-state index contributed by atoms with van der Waals surface area (Å²) >= 11 is 0. The largest absolute Gasteiger partial charge is 0.295 e. The van der Waals surface area contributed by atoms with Crippen molar-refractivity contribution in [2.75, 3.05) is 0 Å². The molecule has 0 bridgehead atoms. The lowest BCUT2D eigenvalue weighted by Crippen LogP contribution is -2.01. The van der Waals surface area contributed by atoms with Gasteiger partial charge in [0.2, 0.25) is 0 Å². The summed E-state index contributed by atoms with van der Waals surface area (Å²) in [5.74, 6) is -0.506. The van der Waals surface area contributed by atoms with Crippen LogP contribution in [0.5, 0.6) is 0 Å². The van der Waals surface area contributed by atoms with E-state index >= 15 is 0 Å². The van der Waals surface area contributed by atoms with E-state index in [1.54, 1.807) is 48.6 Å². The van der Waals surface area contributed by atoms with Gasteiger partial charge in [-0.1, -0.05) is 24.3 Å². The van der Waals surface area contributed by atoms with Crippen molar-refractivity contribution in [3.05, 3.63) is 69.8 Å². The average Bonchev–Trinajstić information content (AvgIpc) is 2.59. The van der Waals surface area contributed by atoms with Gasteiger partial charge in [0.15, 0.2) is 23.1 Å². The van der Waals surface area contributed by atoms with Crippen molar-refractivity contribution in [3.8, 4) is 0 Å². The second kappa shape index (κ2) is 7.83. The zero-order valence-electron chi connectivity index (χ0n) is 15.3. The molecular formula is C22H20O4. The van der Waals surface area contributed by atoms with Gasteiger partial charge in [-0.3, -0.25) is 19.2 Å². The number of hydrogen-bond donors (Lipinski definition) is 0. The fraction of sp³-hybridized carbons (Fsp3) is 0.182. The number of ketones is 4. The maximum atomic E-state index is 11.9. The second-order valence-electron chi connectivity index (χ2n) is 6.20. The minimum Gasteiger partial charge on any atom is -0.295 e. The Labute approximate surface area is 152 Å². The van der Waals surface area contributed by atoms with Crippen LogP contribution in [-0.4, -0.2) is 23.1 Å². The van der Waals surface area contributed by atoms with Crippen LogP contribution in [0.2, 0.25) is 0 Å². The predicted molar refractivity (Wildman–Crippen MR) is 102 cm³/mol. The summed E-state index contributed by atoms with van der Waals surface area (Å²) < 4.78 is 0. The highest BCUT2D eigenvalue weighted by Gasteiger charge is 2.10. The Morgan fingerprint density at radius 3 is 1.62 bits per heavy atom. The Balaban J connectivity index is 2.50. The molecule has 0 fully saturated rings. The third-order valence-corrected chi connectivity index (χ3v) is 4.06. The predicted octanol–water partition coefficient (Wildman–Crippen LogP) is 4.67. The number of benzene rings is 2. The van der Waals surface area contributed by atoms with Crippen molar-refractivity contribution >= 4 is 35.3 Å². The van der Waals surface area contributed by atoms with Crippen molar-refractivity contribution in [1.82, 2.24) is 0 Å². The molecule has 0 radical (unpaired) electrons. The maximum Gasteiger partial charge on any atom is 0.160 e. The van der Waals surface area contributed by atoms with Crippen molar-refractivity contribution in [3.63, 3.8) is 0 Å². The number of carbonyl (C=O) groups excluding carboxylic acids is 4. The molecule has 0 saturated carbocycles. The van der Waals surface area contributed by atoms with Gasteiger partial charge < -0.3 is 0 Å². The number of hydrogen-bond acceptors (Lipinski definition) is 4. The summed E-state index contributed by atoms with van der Waals surface area (Å²) in [6.45, 7) is 5.79. The fourth-order valence-corrected chi connectivity index (χ4v) is 2.57. The van der Waals surface area contributed by atoms with E-state index in [1.807, 2.05) is 0 Å². The van der Waals surface area contributed by atoms with Gasteiger partial charge >= 0.3 is 0 Å². The fourth-order valence-electron chi connectivity index (χ4n) is 2.57. The minimum atomic E-state index is -0.144. The van der Waals surface area contributed by atoms with Gasteiger partial charge in [-0.2, -0.15) is 0 Å². The van der Waals surface area contributed by atoms with Crippen LogP contribution in [-0.2, 0) is 0 Å². The van der Waals surface area contributed by atoms with Crippen LogP contribution in [0.1, 0.15) is 80.3 Å². The van der Waals surface area contributed by atoms with E-state index in [0.29, 0.717) is 33.4 Å². The summed E-state index contributed by atoms with van der Waals surface area (Å²) in [4.78, 5) is 46.8. The summed E-state index contributed by atoms with van der Waals surface area (Å²) in [7, 11) is 0. The average molecular weight is 348 g/mol. The van der Waals surface area contributed by atoms with E-state index in [4.69, 9.17) is 0 Å². The van der Waals surface area contributed by atoms with Crippen LogP contribution in [0.3, 0.4) is 0 Å². The highest BCUT2D eigenvalue weighted by atomic mass is 16.1. The maximum absolute atomic E-state index is 11.9. The van der Waals surface area contributed by atoms with E-state index in [1.165, 1.54) is 27.7 Å². The Hall–Kier alpha value is -3.14. The van der Waals surface area contributed by atoms with Crippen LogP contribution < -0.4 is 0 Å². The van der Waals surface area contributed by atoms with E-state index in [9.17, 15) is 19.2 Å². The first-order valence-corrected chi connectivity index (χ1v) is 8.20. The molecule has 26 heavy (non-hydrogen) atoms. The first-order valence-electron chi connectivity index (χ1n) is 8.20. The summed E-state index contributed by atoms with van der Waals surface area (Å²) in [6, 6.07) is 9.93. The number of Topliss-reactive ketones (excluding diaryl/α,β-unsaturated/α-hetero) is 4. The molecule has 0 spiro atoms. The van der Waals surface area contributed by atoms with Crippen LogP contribution in [0, 0.1) is 0 Å². The minimum absolute atomic E-state index is 0.108. The van der Waals surface area contributed by atoms with Crippen LogP contribution in [0.4, 0.5) is 0 Å². The van der Waals surface area contributed by atoms with Crippen molar-refractivity contribution in [2.24, 2.45) is 0 Å². The van der Waals surface area contributed by atoms with Gasteiger partial charge in [0.05, 0.1) is 0 Å². The summed E-state index contributed by atoms with van der Waals surface area (Å²) in [5, 5.41) is 0. The Morgan fingerprint density at radius 1 is 0.615 bits per heavy atom. The van der Waals surface area contributed by atoms with Crippen LogP contribution in [0.15, 0.2) is 36.4 Å². The SMILES string of the molecule is CC(=O)c1cc(/C=C/c2ccc(C(C)=O)cc2C(C)=O)cc(C(C)=O)c1. The molecule has 0 aliphatic rings. The van der Waals surface area contributed by atoms with E-state index in [-0.39, 0.29) is 23.1 Å². The zero-order chi connectivity index (χ0) is 19.4.